The summed E-state index contributed by atoms with van der Waals surface area (Å²) in [5, 5.41) is 27.0. The number of ether oxygens (including phenoxy) is 1. The summed E-state index contributed by atoms with van der Waals surface area (Å²) in [4.78, 5) is 15.1. The minimum absolute atomic E-state index is 0.206. The van der Waals surface area contributed by atoms with Crippen LogP contribution >= 0.6 is 0 Å². The standard InChI is InChI=1S/C26H31N3O5/c1-3-27-25(31)23-22(19-9-7-18(8-10-19)16-29-11-13-33-14-12-29)24(34-28-23)20-5-4-6-21(15-20)26(2,32)17-30/h4-10,15,30,32H,3,11-14,16-17H2,1-2H3,(H,27,31). The number of benzene rings is 2. The Morgan fingerprint density at radius 1 is 1.15 bits per heavy atom. The first kappa shape index (κ1) is 24.1. The molecule has 0 aliphatic carbocycles. The molecular formula is C26H31N3O5. The summed E-state index contributed by atoms with van der Waals surface area (Å²) in [5.74, 6) is 0.112. The number of hydrogen-bond acceptors (Lipinski definition) is 7. The Balaban J connectivity index is 1.72. The smallest absolute Gasteiger partial charge is 0.274 e. The molecule has 0 spiro atoms. The highest BCUT2D eigenvalue weighted by Gasteiger charge is 2.27. The Bertz CT molecular complexity index is 1120. The third kappa shape index (κ3) is 5.20. The molecule has 1 aliphatic heterocycles. The van der Waals surface area contributed by atoms with Gasteiger partial charge in [-0.3, -0.25) is 9.69 Å². The van der Waals surface area contributed by atoms with E-state index in [0.29, 0.717) is 29.0 Å². The van der Waals surface area contributed by atoms with E-state index in [1.165, 1.54) is 5.56 Å². The Morgan fingerprint density at radius 2 is 1.88 bits per heavy atom. The zero-order chi connectivity index (χ0) is 24.1. The van der Waals surface area contributed by atoms with Crippen molar-refractivity contribution in [2.24, 2.45) is 0 Å². The number of aliphatic hydroxyl groups is 2. The van der Waals surface area contributed by atoms with Crippen LogP contribution < -0.4 is 5.32 Å². The molecule has 1 unspecified atom stereocenters. The monoisotopic (exact) mass is 465 g/mol. The second kappa shape index (κ2) is 10.5. The molecule has 1 saturated heterocycles. The molecule has 1 fully saturated rings. The van der Waals surface area contributed by atoms with Gasteiger partial charge in [-0.1, -0.05) is 47.6 Å². The number of nitrogens with one attached hydrogen (secondary N) is 1. The number of morpholine rings is 1. The number of rotatable bonds is 8. The largest absolute Gasteiger partial charge is 0.393 e. The quantitative estimate of drug-likeness (QED) is 0.469. The van der Waals surface area contributed by atoms with Gasteiger partial charge in [-0.25, -0.2) is 0 Å². The van der Waals surface area contributed by atoms with Crippen LogP contribution in [0, 0.1) is 0 Å². The average molecular weight is 466 g/mol. The van der Waals surface area contributed by atoms with Gasteiger partial charge in [0, 0.05) is 31.7 Å². The van der Waals surface area contributed by atoms with E-state index in [1.807, 2.05) is 25.1 Å². The van der Waals surface area contributed by atoms with Gasteiger partial charge in [0.2, 0.25) is 0 Å². The normalized spacial score (nSPS) is 16.2. The van der Waals surface area contributed by atoms with Crippen molar-refractivity contribution in [3.63, 3.8) is 0 Å². The molecule has 1 aliphatic rings. The second-order valence-corrected chi connectivity index (χ2v) is 8.69. The Morgan fingerprint density at radius 3 is 2.56 bits per heavy atom. The number of carbonyl (C=O) groups excluding carboxylic acids is 1. The molecule has 4 rings (SSSR count). The summed E-state index contributed by atoms with van der Waals surface area (Å²) < 4.78 is 11.1. The van der Waals surface area contributed by atoms with Crippen LogP contribution in [0.5, 0.6) is 0 Å². The molecule has 1 amide bonds. The van der Waals surface area contributed by atoms with Crippen molar-refractivity contribution in [2.75, 3.05) is 39.5 Å². The highest BCUT2D eigenvalue weighted by Crippen LogP contribution is 2.37. The van der Waals surface area contributed by atoms with Crippen LogP contribution in [0.3, 0.4) is 0 Å². The lowest BCUT2D eigenvalue weighted by Gasteiger charge is -2.26. The minimum Gasteiger partial charge on any atom is -0.393 e. The lowest BCUT2D eigenvalue weighted by Crippen LogP contribution is -2.35. The average Bonchev–Trinajstić information content (AvgIpc) is 3.31. The molecule has 0 saturated carbocycles. The summed E-state index contributed by atoms with van der Waals surface area (Å²) in [6.45, 7) is 7.59. The summed E-state index contributed by atoms with van der Waals surface area (Å²) in [5.41, 5.74) is 2.56. The highest BCUT2D eigenvalue weighted by molar-refractivity contribution is 6.02. The van der Waals surface area contributed by atoms with Crippen LogP contribution in [0.4, 0.5) is 0 Å². The first-order valence-corrected chi connectivity index (χ1v) is 11.5. The molecule has 0 radical (unpaired) electrons. The van der Waals surface area contributed by atoms with Gasteiger partial charge in [-0.2, -0.15) is 0 Å². The van der Waals surface area contributed by atoms with Crippen molar-refractivity contribution in [2.45, 2.75) is 26.0 Å². The van der Waals surface area contributed by atoms with Gasteiger partial charge in [0.05, 0.1) is 25.4 Å². The predicted molar refractivity (Wildman–Crippen MR) is 128 cm³/mol. The molecule has 2 aromatic carbocycles. The number of hydrogen-bond donors (Lipinski definition) is 3. The maximum absolute atomic E-state index is 12.8. The van der Waals surface area contributed by atoms with Gasteiger partial charge in [-0.15, -0.1) is 0 Å². The fraction of sp³-hybridized carbons (Fsp3) is 0.385. The Kier molecular flexibility index (Phi) is 7.43. The van der Waals surface area contributed by atoms with Crippen LogP contribution in [-0.4, -0.2) is 65.6 Å². The van der Waals surface area contributed by atoms with Gasteiger partial charge in [0.25, 0.3) is 5.91 Å². The molecule has 1 aromatic heterocycles. The van der Waals surface area contributed by atoms with E-state index in [9.17, 15) is 15.0 Å². The van der Waals surface area contributed by atoms with Crippen LogP contribution in [-0.2, 0) is 16.9 Å². The van der Waals surface area contributed by atoms with Gasteiger partial charge < -0.3 is 24.8 Å². The molecule has 2 heterocycles. The first-order valence-electron chi connectivity index (χ1n) is 11.5. The van der Waals surface area contributed by atoms with Crippen molar-refractivity contribution in [1.82, 2.24) is 15.4 Å². The van der Waals surface area contributed by atoms with Gasteiger partial charge >= 0.3 is 0 Å². The number of nitrogens with zero attached hydrogens (tertiary/aromatic N) is 2. The molecule has 0 bridgehead atoms. The van der Waals surface area contributed by atoms with E-state index in [0.717, 1.165) is 38.4 Å². The van der Waals surface area contributed by atoms with Crippen LogP contribution in [0.2, 0.25) is 0 Å². The number of aliphatic hydroxyl groups excluding tert-OH is 1. The molecule has 180 valence electrons. The van der Waals surface area contributed by atoms with E-state index >= 15 is 0 Å². The fourth-order valence-corrected chi connectivity index (χ4v) is 4.04. The summed E-state index contributed by atoms with van der Waals surface area (Å²) in [7, 11) is 0. The highest BCUT2D eigenvalue weighted by atomic mass is 16.5. The SMILES string of the molecule is CCNC(=O)c1noc(-c2cccc(C(C)(O)CO)c2)c1-c1ccc(CN2CCOCC2)cc1. The Hall–Kier alpha value is -3.04. The third-order valence-corrected chi connectivity index (χ3v) is 6.05. The molecule has 34 heavy (non-hydrogen) atoms. The summed E-state index contributed by atoms with van der Waals surface area (Å²) in [6, 6.07) is 15.1. The van der Waals surface area contributed by atoms with E-state index in [-0.39, 0.29) is 11.6 Å². The van der Waals surface area contributed by atoms with Crippen molar-refractivity contribution in [1.29, 1.82) is 0 Å². The van der Waals surface area contributed by atoms with E-state index < -0.39 is 12.2 Å². The lowest BCUT2D eigenvalue weighted by molar-refractivity contribution is -0.00225. The Labute approximate surface area is 199 Å². The zero-order valence-electron chi connectivity index (χ0n) is 19.6. The van der Waals surface area contributed by atoms with Gasteiger partial charge in [0.15, 0.2) is 11.5 Å². The maximum atomic E-state index is 12.8. The predicted octanol–water partition coefficient (Wildman–Crippen LogP) is 2.79. The molecular weight excluding hydrogens is 434 g/mol. The van der Waals surface area contributed by atoms with Crippen LogP contribution in [0.25, 0.3) is 22.5 Å². The van der Waals surface area contributed by atoms with Crippen molar-refractivity contribution >= 4 is 5.91 Å². The third-order valence-electron chi connectivity index (χ3n) is 6.05. The number of carbonyl (C=O) groups is 1. The van der Waals surface area contributed by atoms with Gasteiger partial charge in [0.1, 0.15) is 5.60 Å². The van der Waals surface area contributed by atoms with E-state index in [1.54, 1.807) is 25.1 Å². The second-order valence-electron chi connectivity index (χ2n) is 8.69. The van der Waals surface area contributed by atoms with E-state index in [4.69, 9.17) is 9.26 Å². The van der Waals surface area contributed by atoms with Crippen LogP contribution in [0.1, 0.15) is 35.5 Å². The fourth-order valence-electron chi connectivity index (χ4n) is 4.04. The van der Waals surface area contributed by atoms with Crippen molar-refractivity contribution in [3.05, 3.63) is 65.4 Å². The first-order chi connectivity index (χ1) is 16.4. The number of amides is 1. The molecule has 8 heteroatoms. The summed E-state index contributed by atoms with van der Waals surface area (Å²) >= 11 is 0. The molecule has 1 atom stereocenters. The maximum Gasteiger partial charge on any atom is 0.274 e. The summed E-state index contributed by atoms with van der Waals surface area (Å²) in [6.07, 6.45) is 0. The molecule has 8 nitrogen and oxygen atoms in total. The molecule has 3 aromatic rings. The van der Waals surface area contributed by atoms with Crippen molar-refractivity contribution in [3.8, 4) is 22.5 Å². The minimum atomic E-state index is -1.40. The topological polar surface area (TPSA) is 108 Å². The lowest BCUT2D eigenvalue weighted by atomic mass is 9.92. The van der Waals surface area contributed by atoms with Crippen molar-refractivity contribution < 1.29 is 24.3 Å². The van der Waals surface area contributed by atoms with Crippen LogP contribution in [0.15, 0.2) is 53.1 Å². The zero-order valence-corrected chi connectivity index (χ0v) is 19.6. The molecule has 3 N–H and O–H groups in total. The van der Waals surface area contributed by atoms with Gasteiger partial charge in [-0.05, 0) is 36.6 Å². The van der Waals surface area contributed by atoms with E-state index in [2.05, 4.69) is 27.5 Å². The number of aromatic nitrogens is 1.